The molecule has 1 aliphatic rings. The number of amides is 2. The van der Waals surface area contributed by atoms with Gasteiger partial charge in [0.1, 0.15) is 11.8 Å². The van der Waals surface area contributed by atoms with Crippen LogP contribution < -0.4 is 15.0 Å². The molecule has 5 nitrogen and oxygen atoms in total. The largest absolute Gasteiger partial charge is 0.494 e. The van der Waals surface area contributed by atoms with Crippen LogP contribution in [0.3, 0.4) is 0 Å². The first kappa shape index (κ1) is 18.3. The molecular weight excluding hydrogens is 352 g/mol. The minimum Gasteiger partial charge on any atom is -0.494 e. The quantitative estimate of drug-likeness (QED) is 0.787. The van der Waals surface area contributed by atoms with Crippen molar-refractivity contribution in [3.8, 4) is 5.75 Å². The predicted molar refractivity (Wildman–Crippen MR) is 102 cm³/mol. The number of carbonyl (C=O) groups is 2. The van der Waals surface area contributed by atoms with E-state index in [0.29, 0.717) is 24.6 Å². The van der Waals surface area contributed by atoms with Crippen LogP contribution in [0.15, 0.2) is 42.5 Å². The van der Waals surface area contributed by atoms with Crippen molar-refractivity contribution in [3.05, 3.63) is 58.6 Å². The zero-order chi connectivity index (χ0) is 18.7. The molecule has 2 aromatic carbocycles. The summed E-state index contributed by atoms with van der Waals surface area (Å²) in [6.45, 7) is 4.43. The fourth-order valence-corrected chi connectivity index (χ4v) is 3.21. The van der Waals surface area contributed by atoms with Gasteiger partial charge in [-0.15, -0.1) is 0 Å². The standard InChI is InChI=1S/C20H21ClN2O3/c1-13-4-7-16(8-5-13)26-11-3-10-23-18-9-6-15(21)12-17(18)19(20(23)25)22-14(2)24/h4-9,12,19H,3,10-11H2,1-2H3,(H,22,24)/t19-/m0/s1. The summed E-state index contributed by atoms with van der Waals surface area (Å²) in [4.78, 5) is 25.9. The topological polar surface area (TPSA) is 58.6 Å². The minimum atomic E-state index is -0.681. The molecule has 3 rings (SSSR count). The highest BCUT2D eigenvalue weighted by Crippen LogP contribution is 2.37. The molecule has 1 heterocycles. The molecule has 1 N–H and O–H groups in total. The summed E-state index contributed by atoms with van der Waals surface area (Å²) in [5.41, 5.74) is 2.70. The van der Waals surface area contributed by atoms with E-state index in [4.69, 9.17) is 16.3 Å². The Morgan fingerprint density at radius 3 is 2.65 bits per heavy atom. The van der Waals surface area contributed by atoms with Crippen LogP contribution in [0.25, 0.3) is 0 Å². The van der Waals surface area contributed by atoms with Crippen molar-refractivity contribution >= 4 is 29.1 Å². The summed E-state index contributed by atoms with van der Waals surface area (Å²) in [7, 11) is 0. The van der Waals surface area contributed by atoms with Gasteiger partial charge in [0, 0.05) is 29.7 Å². The average Bonchev–Trinajstić information content (AvgIpc) is 2.84. The van der Waals surface area contributed by atoms with E-state index in [1.165, 1.54) is 12.5 Å². The Hall–Kier alpha value is -2.53. The van der Waals surface area contributed by atoms with E-state index < -0.39 is 6.04 Å². The Morgan fingerprint density at radius 2 is 1.96 bits per heavy atom. The number of benzene rings is 2. The fourth-order valence-electron chi connectivity index (χ4n) is 3.03. The van der Waals surface area contributed by atoms with Crippen LogP contribution >= 0.6 is 11.6 Å². The number of carbonyl (C=O) groups excluding carboxylic acids is 2. The van der Waals surface area contributed by atoms with Gasteiger partial charge < -0.3 is 15.0 Å². The molecule has 0 bridgehead atoms. The lowest BCUT2D eigenvalue weighted by molar-refractivity contribution is -0.126. The van der Waals surface area contributed by atoms with Gasteiger partial charge in [-0.2, -0.15) is 0 Å². The molecule has 0 unspecified atom stereocenters. The van der Waals surface area contributed by atoms with E-state index in [-0.39, 0.29) is 11.8 Å². The van der Waals surface area contributed by atoms with Crippen molar-refractivity contribution in [2.24, 2.45) is 0 Å². The van der Waals surface area contributed by atoms with Gasteiger partial charge >= 0.3 is 0 Å². The first-order valence-corrected chi connectivity index (χ1v) is 8.91. The van der Waals surface area contributed by atoms with Crippen LogP contribution in [0.2, 0.25) is 5.02 Å². The Bertz CT molecular complexity index is 820. The molecule has 2 amide bonds. The normalized spacial score (nSPS) is 15.7. The Morgan fingerprint density at radius 1 is 1.23 bits per heavy atom. The van der Waals surface area contributed by atoms with Crippen molar-refractivity contribution in [1.29, 1.82) is 0 Å². The van der Waals surface area contributed by atoms with Gasteiger partial charge in [-0.05, 0) is 43.7 Å². The number of rotatable bonds is 6. The molecule has 0 saturated heterocycles. The lowest BCUT2D eigenvalue weighted by Gasteiger charge is -2.18. The third-order valence-corrected chi connectivity index (χ3v) is 4.50. The van der Waals surface area contributed by atoms with Crippen molar-refractivity contribution < 1.29 is 14.3 Å². The van der Waals surface area contributed by atoms with E-state index in [0.717, 1.165) is 17.0 Å². The number of halogens is 1. The first-order chi connectivity index (χ1) is 12.5. The molecular formula is C20H21ClN2O3. The number of hydrogen-bond acceptors (Lipinski definition) is 3. The summed E-state index contributed by atoms with van der Waals surface area (Å²) >= 11 is 6.06. The third kappa shape index (κ3) is 3.99. The van der Waals surface area contributed by atoms with Crippen LogP contribution in [0, 0.1) is 6.92 Å². The Labute approximate surface area is 157 Å². The second-order valence-electron chi connectivity index (χ2n) is 6.34. The van der Waals surface area contributed by atoms with Gasteiger partial charge in [-0.1, -0.05) is 29.3 Å². The summed E-state index contributed by atoms with van der Waals surface area (Å²) in [6.07, 6.45) is 0.675. The molecule has 0 fully saturated rings. The van der Waals surface area contributed by atoms with Crippen LogP contribution in [0.5, 0.6) is 5.75 Å². The lowest BCUT2D eigenvalue weighted by atomic mass is 10.1. The molecule has 1 aliphatic heterocycles. The molecule has 0 spiro atoms. The summed E-state index contributed by atoms with van der Waals surface area (Å²) in [6, 6.07) is 12.5. The Balaban J connectivity index is 1.65. The van der Waals surface area contributed by atoms with Gasteiger partial charge in [0.25, 0.3) is 5.91 Å². The molecule has 0 saturated carbocycles. The number of nitrogens with zero attached hydrogens (tertiary/aromatic N) is 1. The maximum Gasteiger partial charge on any atom is 0.254 e. The monoisotopic (exact) mass is 372 g/mol. The number of aryl methyl sites for hydroxylation is 1. The van der Waals surface area contributed by atoms with Crippen LogP contribution in [-0.2, 0) is 9.59 Å². The van der Waals surface area contributed by atoms with Gasteiger partial charge in [0.2, 0.25) is 5.91 Å². The second-order valence-corrected chi connectivity index (χ2v) is 6.78. The number of ether oxygens (including phenoxy) is 1. The molecule has 0 aromatic heterocycles. The lowest BCUT2D eigenvalue weighted by Crippen LogP contribution is -2.37. The summed E-state index contributed by atoms with van der Waals surface area (Å²) in [5.74, 6) is 0.415. The fraction of sp³-hybridized carbons (Fsp3) is 0.300. The van der Waals surface area contributed by atoms with E-state index in [1.54, 1.807) is 17.0 Å². The minimum absolute atomic E-state index is 0.146. The van der Waals surface area contributed by atoms with Crippen LogP contribution in [0.1, 0.15) is 30.5 Å². The third-order valence-electron chi connectivity index (χ3n) is 4.27. The molecule has 6 heteroatoms. The van der Waals surface area contributed by atoms with Gasteiger partial charge in [-0.25, -0.2) is 0 Å². The average molecular weight is 373 g/mol. The number of anilines is 1. The summed E-state index contributed by atoms with van der Waals surface area (Å²) in [5, 5.41) is 3.24. The maximum atomic E-state index is 12.7. The SMILES string of the molecule is CC(=O)N[C@@H]1C(=O)N(CCCOc2ccc(C)cc2)c2ccc(Cl)cc21. The highest BCUT2D eigenvalue weighted by molar-refractivity contribution is 6.31. The molecule has 0 radical (unpaired) electrons. The highest BCUT2D eigenvalue weighted by Gasteiger charge is 2.37. The highest BCUT2D eigenvalue weighted by atomic mass is 35.5. The second kappa shape index (κ2) is 7.79. The van der Waals surface area contributed by atoms with Gasteiger partial charge in [0.15, 0.2) is 0 Å². The van der Waals surface area contributed by atoms with E-state index >= 15 is 0 Å². The molecule has 136 valence electrons. The van der Waals surface area contributed by atoms with Crippen LogP contribution in [0.4, 0.5) is 5.69 Å². The van der Waals surface area contributed by atoms with Gasteiger partial charge in [0.05, 0.1) is 6.61 Å². The molecule has 0 aliphatic carbocycles. The zero-order valence-electron chi connectivity index (χ0n) is 14.8. The zero-order valence-corrected chi connectivity index (χ0v) is 15.5. The van der Waals surface area contributed by atoms with Crippen molar-refractivity contribution in [2.45, 2.75) is 26.3 Å². The number of nitrogens with one attached hydrogen (secondary N) is 1. The molecule has 2 aromatic rings. The van der Waals surface area contributed by atoms with Crippen molar-refractivity contribution in [2.75, 3.05) is 18.1 Å². The number of hydrogen-bond donors (Lipinski definition) is 1. The first-order valence-electron chi connectivity index (χ1n) is 8.53. The van der Waals surface area contributed by atoms with Gasteiger partial charge in [-0.3, -0.25) is 9.59 Å². The smallest absolute Gasteiger partial charge is 0.254 e. The Kier molecular flexibility index (Phi) is 5.47. The van der Waals surface area contributed by atoms with Crippen LogP contribution in [-0.4, -0.2) is 25.0 Å². The van der Waals surface area contributed by atoms with E-state index in [2.05, 4.69) is 5.32 Å². The van der Waals surface area contributed by atoms with E-state index in [1.807, 2.05) is 37.3 Å². The molecule has 26 heavy (non-hydrogen) atoms. The predicted octanol–water partition coefficient (Wildman–Crippen LogP) is 3.64. The number of fused-ring (bicyclic) bond motifs is 1. The summed E-state index contributed by atoms with van der Waals surface area (Å²) < 4.78 is 5.73. The van der Waals surface area contributed by atoms with Crippen molar-refractivity contribution in [1.82, 2.24) is 5.32 Å². The van der Waals surface area contributed by atoms with Crippen molar-refractivity contribution in [3.63, 3.8) is 0 Å². The molecule has 1 atom stereocenters. The van der Waals surface area contributed by atoms with E-state index in [9.17, 15) is 9.59 Å². The maximum absolute atomic E-state index is 12.7.